The molecule has 3 rings (SSSR count). The van der Waals surface area contributed by atoms with Gasteiger partial charge >= 0.3 is 6.61 Å². The van der Waals surface area contributed by atoms with Crippen molar-refractivity contribution in [1.29, 1.82) is 0 Å². The van der Waals surface area contributed by atoms with Crippen LogP contribution in [0.5, 0.6) is 5.75 Å². The molecule has 0 spiro atoms. The van der Waals surface area contributed by atoms with Crippen LogP contribution in [0, 0.1) is 5.92 Å². The number of alkyl halides is 2. The second-order valence-corrected chi connectivity index (χ2v) is 5.21. The number of aromatic amines is 1. The van der Waals surface area contributed by atoms with Gasteiger partial charge < -0.3 is 15.0 Å². The van der Waals surface area contributed by atoms with Gasteiger partial charge in [0.2, 0.25) is 0 Å². The van der Waals surface area contributed by atoms with Gasteiger partial charge in [0.25, 0.3) is 0 Å². The van der Waals surface area contributed by atoms with E-state index in [1.165, 1.54) is 18.6 Å². The molecule has 0 bridgehead atoms. The summed E-state index contributed by atoms with van der Waals surface area (Å²) in [5, 5.41) is 3.34. The summed E-state index contributed by atoms with van der Waals surface area (Å²) in [7, 11) is 0. The molecule has 1 unspecified atom stereocenters. The maximum Gasteiger partial charge on any atom is 0.387 e. The van der Waals surface area contributed by atoms with E-state index in [4.69, 9.17) is 0 Å². The molecule has 0 saturated carbocycles. The Morgan fingerprint density at radius 3 is 2.76 bits per heavy atom. The van der Waals surface area contributed by atoms with E-state index in [9.17, 15) is 8.78 Å². The molecule has 1 saturated heterocycles. The van der Waals surface area contributed by atoms with Crippen LogP contribution >= 0.6 is 0 Å². The molecule has 1 aromatic heterocycles. The number of halogens is 2. The third kappa shape index (κ3) is 3.58. The van der Waals surface area contributed by atoms with Gasteiger partial charge in [0.1, 0.15) is 11.6 Å². The van der Waals surface area contributed by atoms with Crippen LogP contribution in [0.4, 0.5) is 8.78 Å². The topological polar surface area (TPSA) is 49.9 Å². The van der Waals surface area contributed by atoms with Gasteiger partial charge in [0.15, 0.2) is 0 Å². The van der Waals surface area contributed by atoms with Crippen LogP contribution in [-0.2, 0) is 6.42 Å². The fourth-order valence-electron chi connectivity index (χ4n) is 2.59. The lowest BCUT2D eigenvalue weighted by molar-refractivity contribution is -0.0498. The number of benzene rings is 1. The molecule has 112 valence electrons. The van der Waals surface area contributed by atoms with Gasteiger partial charge in [-0.05, 0) is 55.3 Å². The minimum atomic E-state index is -2.80. The first-order valence-corrected chi connectivity index (χ1v) is 7.00. The molecule has 4 nitrogen and oxygen atoms in total. The number of ether oxygens (including phenoxy) is 1. The third-order valence-electron chi connectivity index (χ3n) is 3.66. The Labute approximate surface area is 121 Å². The summed E-state index contributed by atoms with van der Waals surface area (Å²) in [5.74, 6) is 1.75. The molecule has 2 N–H and O–H groups in total. The van der Waals surface area contributed by atoms with Crippen LogP contribution < -0.4 is 10.1 Å². The molecular weight excluding hydrogens is 276 g/mol. The van der Waals surface area contributed by atoms with Crippen molar-refractivity contribution >= 4 is 0 Å². The quantitative estimate of drug-likeness (QED) is 0.891. The molecule has 1 aliphatic rings. The van der Waals surface area contributed by atoms with Gasteiger partial charge in [0, 0.05) is 6.42 Å². The highest BCUT2D eigenvalue weighted by atomic mass is 19.3. The number of imidazole rings is 1. The lowest BCUT2D eigenvalue weighted by Crippen LogP contribution is -2.11. The number of nitrogens with zero attached hydrogens (tertiary/aromatic N) is 1. The molecule has 1 aliphatic heterocycles. The fraction of sp³-hybridized carbons (Fsp3) is 0.400. The molecule has 1 fully saturated rings. The predicted octanol–water partition coefficient (Wildman–Crippen LogP) is 2.83. The standard InChI is InChI=1S/C15H17F2N3O/c16-15(17)21-12-3-1-11(2-4-12)13-9-19-14(20-13)7-10-5-6-18-8-10/h1-4,9-10,15,18H,5-8H2,(H,19,20). The normalized spacial score (nSPS) is 18.3. The Bertz CT molecular complexity index is 577. The van der Waals surface area contributed by atoms with E-state index >= 15 is 0 Å². The zero-order chi connectivity index (χ0) is 14.7. The Morgan fingerprint density at radius 2 is 2.10 bits per heavy atom. The first kappa shape index (κ1) is 14.0. The van der Waals surface area contributed by atoms with Crippen molar-refractivity contribution in [1.82, 2.24) is 15.3 Å². The van der Waals surface area contributed by atoms with E-state index in [-0.39, 0.29) is 5.75 Å². The van der Waals surface area contributed by atoms with E-state index in [2.05, 4.69) is 20.0 Å². The first-order chi connectivity index (χ1) is 10.2. The summed E-state index contributed by atoms with van der Waals surface area (Å²) < 4.78 is 28.5. The second kappa shape index (κ2) is 6.22. The van der Waals surface area contributed by atoms with Crippen molar-refractivity contribution in [3.05, 3.63) is 36.3 Å². The summed E-state index contributed by atoms with van der Waals surface area (Å²) >= 11 is 0. The number of rotatable bonds is 5. The molecular formula is C15H17F2N3O. The predicted molar refractivity (Wildman–Crippen MR) is 75.3 cm³/mol. The molecule has 6 heteroatoms. The Morgan fingerprint density at radius 1 is 1.29 bits per heavy atom. The van der Waals surface area contributed by atoms with Crippen molar-refractivity contribution in [2.24, 2.45) is 5.92 Å². The number of aromatic nitrogens is 2. The van der Waals surface area contributed by atoms with Gasteiger partial charge in [0.05, 0.1) is 11.9 Å². The Kier molecular flexibility index (Phi) is 4.15. The summed E-state index contributed by atoms with van der Waals surface area (Å²) in [6.45, 7) is -0.686. The lowest BCUT2D eigenvalue weighted by atomic mass is 10.1. The van der Waals surface area contributed by atoms with Crippen molar-refractivity contribution in [3.63, 3.8) is 0 Å². The Balaban J connectivity index is 1.67. The zero-order valence-corrected chi connectivity index (χ0v) is 11.5. The van der Waals surface area contributed by atoms with Crippen LogP contribution in [0.3, 0.4) is 0 Å². The SMILES string of the molecule is FC(F)Oc1ccc(-c2cnc(CC3CCNC3)[nH]2)cc1. The highest BCUT2D eigenvalue weighted by molar-refractivity contribution is 5.59. The smallest absolute Gasteiger partial charge is 0.387 e. The van der Waals surface area contributed by atoms with Crippen LogP contribution in [-0.4, -0.2) is 29.7 Å². The van der Waals surface area contributed by atoms with Gasteiger partial charge in [-0.25, -0.2) is 4.98 Å². The van der Waals surface area contributed by atoms with Gasteiger partial charge in [-0.15, -0.1) is 0 Å². The Hall–Kier alpha value is -1.95. The van der Waals surface area contributed by atoms with Crippen molar-refractivity contribution < 1.29 is 13.5 Å². The summed E-state index contributed by atoms with van der Waals surface area (Å²) in [6.07, 6.45) is 3.88. The van der Waals surface area contributed by atoms with E-state index < -0.39 is 6.61 Å². The third-order valence-corrected chi connectivity index (χ3v) is 3.66. The average Bonchev–Trinajstić information content (AvgIpc) is 3.11. The molecule has 2 aromatic rings. The molecule has 21 heavy (non-hydrogen) atoms. The first-order valence-electron chi connectivity index (χ1n) is 7.00. The summed E-state index contributed by atoms with van der Waals surface area (Å²) in [5.41, 5.74) is 1.79. The van der Waals surface area contributed by atoms with Gasteiger partial charge in [-0.1, -0.05) is 0 Å². The van der Waals surface area contributed by atoms with Crippen molar-refractivity contribution in [2.45, 2.75) is 19.5 Å². The molecule has 0 radical (unpaired) electrons. The van der Waals surface area contributed by atoms with E-state index in [1.807, 2.05) is 0 Å². The van der Waals surface area contributed by atoms with Crippen molar-refractivity contribution in [2.75, 3.05) is 13.1 Å². The van der Waals surface area contributed by atoms with Crippen LogP contribution in [0.1, 0.15) is 12.2 Å². The molecule has 1 aromatic carbocycles. The van der Waals surface area contributed by atoms with Gasteiger partial charge in [-0.2, -0.15) is 8.78 Å². The summed E-state index contributed by atoms with van der Waals surface area (Å²) in [6, 6.07) is 6.55. The highest BCUT2D eigenvalue weighted by Gasteiger charge is 2.16. The maximum absolute atomic E-state index is 12.1. The minimum absolute atomic E-state index is 0.158. The lowest BCUT2D eigenvalue weighted by Gasteiger charge is -2.05. The van der Waals surface area contributed by atoms with E-state index in [1.54, 1.807) is 18.3 Å². The van der Waals surface area contributed by atoms with Crippen LogP contribution in [0.2, 0.25) is 0 Å². The molecule has 0 amide bonds. The van der Waals surface area contributed by atoms with Crippen LogP contribution in [0.25, 0.3) is 11.3 Å². The number of nitrogens with one attached hydrogen (secondary N) is 2. The van der Waals surface area contributed by atoms with E-state index in [0.29, 0.717) is 5.92 Å². The zero-order valence-electron chi connectivity index (χ0n) is 11.5. The maximum atomic E-state index is 12.1. The number of H-pyrrole nitrogens is 1. The monoisotopic (exact) mass is 293 g/mol. The molecule has 1 atom stereocenters. The molecule has 2 heterocycles. The largest absolute Gasteiger partial charge is 0.435 e. The highest BCUT2D eigenvalue weighted by Crippen LogP contribution is 2.23. The fourth-order valence-corrected chi connectivity index (χ4v) is 2.59. The van der Waals surface area contributed by atoms with Gasteiger partial charge in [-0.3, -0.25) is 0 Å². The van der Waals surface area contributed by atoms with Crippen molar-refractivity contribution in [3.8, 4) is 17.0 Å². The van der Waals surface area contributed by atoms with Crippen LogP contribution in [0.15, 0.2) is 30.5 Å². The average molecular weight is 293 g/mol. The number of hydrogen-bond donors (Lipinski definition) is 2. The minimum Gasteiger partial charge on any atom is -0.435 e. The van der Waals surface area contributed by atoms with E-state index in [0.717, 1.165) is 36.6 Å². The number of hydrogen-bond acceptors (Lipinski definition) is 3. The second-order valence-electron chi connectivity index (χ2n) is 5.21. The summed E-state index contributed by atoms with van der Waals surface area (Å²) in [4.78, 5) is 7.68. The molecule has 0 aliphatic carbocycles.